The molecule has 33 heavy (non-hydrogen) atoms. The molecule has 4 rings (SSSR count). The predicted octanol–water partition coefficient (Wildman–Crippen LogP) is 2.62. The van der Waals surface area contributed by atoms with E-state index >= 15 is 0 Å². The number of hydrogen-bond acceptors (Lipinski definition) is 7. The summed E-state index contributed by atoms with van der Waals surface area (Å²) in [5.41, 5.74) is 0.888. The van der Waals surface area contributed by atoms with Crippen LogP contribution in [0.15, 0.2) is 47.4 Å². The zero-order chi connectivity index (χ0) is 23.4. The molecule has 0 aromatic heterocycles. The van der Waals surface area contributed by atoms with E-state index in [0.717, 1.165) is 24.8 Å². The van der Waals surface area contributed by atoms with Crippen LogP contribution in [0, 0.1) is 0 Å². The molecular weight excluding hydrogens is 448 g/mol. The lowest BCUT2D eigenvalue weighted by molar-refractivity contribution is -0.124. The number of hydrogen-bond donors (Lipinski definition) is 1. The van der Waals surface area contributed by atoms with E-state index in [-0.39, 0.29) is 23.3 Å². The highest BCUT2D eigenvalue weighted by Crippen LogP contribution is 2.34. The van der Waals surface area contributed by atoms with Gasteiger partial charge in [0.1, 0.15) is 0 Å². The normalized spacial score (nSPS) is 16.8. The quantitative estimate of drug-likeness (QED) is 0.614. The molecule has 1 amide bonds. The minimum Gasteiger partial charge on any atom is -0.454 e. The van der Waals surface area contributed by atoms with E-state index in [2.05, 4.69) is 5.32 Å². The number of fused-ring (bicyclic) bond motifs is 1. The van der Waals surface area contributed by atoms with Gasteiger partial charge in [-0.3, -0.25) is 4.79 Å². The number of carbonyl (C=O) groups is 2. The van der Waals surface area contributed by atoms with E-state index < -0.39 is 28.5 Å². The Morgan fingerprint density at radius 1 is 1.06 bits per heavy atom. The van der Waals surface area contributed by atoms with Gasteiger partial charge in [0.2, 0.25) is 16.8 Å². The summed E-state index contributed by atoms with van der Waals surface area (Å²) in [5, 5.41) is 2.76. The van der Waals surface area contributed by atoms with Crippen LogP contribution in [0.3, 0.4) is 0 Å². The van der Waals surface area contributed by atoms with E-state index in [1.165, 1.54) is 28.6 Å². The summed E-state index contributed by atoms with van der Waals surface area (Å²) in [5.74, 6) is 0.0114. The van der Waals surface area contributed by atoms with Gasteiger partial charge in [0, 0.05) is 13.1 Å². The number of rotatable bonds is 7. The van der Waals surface area contributed by atoms with Gasteiger partial charge in [-0.1, -0.05) is 18.6 Å². The second kappa shape index (κ2) is 9.80. The van der Waals surface area contributed by atoms with Crippen molar-refractivity contribution in [3.63, 3.8) is 0 Å². The zero-order valence-electron chi connectivity index (χ0n) is 18.3. The van der Waals surface area contributed by atoms with Gasteiger partial charge in [-0.2, -0.15) is 4.31 Å². The number of benzene rings is 2. The van der Waals surface area contributed by atoms with Crippen LogP contribution in [0.25, 0.3) is 0 Å². The standard InChI is InChI=1S/C23H26N2O7S/c1-16(17-8-9-20-21(13-17)32-15-31-20)24-22(26)14-30-23(27)18-6-5-7-19(12-18)33(28,29)25-10-3-2-4-11-25/h5-9,12-13,16H,2-4,10-11,14-15H2,1H3,(H,24,26)/t16-/m1/s1. The molecule has 0 unspecified atom stereocenters. The molecule has 1 fully saturated rings. The minimum absolute atomic E-state index is 0.0414. The third-order valence-corrected chi connectivity index (χ3v) is 7.53. The molecule has 10 heteroatoms. The monoisotopic (exact) mass is 474 g/mol. The molecule has 176 valence electrons. The van der Waals surface area contributed by atoms with Crippen molar-refractivity contribution in [1.29, 1.82) is 0 Å². The highest BCUT2D eigenvalue weighted by molar-refractivity contribution is 7.89. The van der Waals surface area contributed by atoms with Crippen LogP contribution in [-0.2, 0) is 19.6 Å². The van der Waals surface area contributed by atoms with Crippen LogP contribution in [0.5, 0.6) is 11.5 Å². The number of carbonyl (C=O) groups excluding carboxylic acids is 2. The first-order chi connectivity index (χ1) is 15.8. The lowest BCUT2D eigenvalue weighted by atomic mass is 10.1. The minimum atomic E-state index is -3.67. The van der Waals surface area contributed by atoms with E-state index in [1.54, 1.807) is 19.1 Å². The predicted molar refractivity (Wildman–Crippen MR) is 118 cm³/mol. The average molecular weight is 475 g/mol. The van der Waals surface area contributed by atoms with Crippen molar-refractivity contribution >= 4 is 21.9 Å². The third-order valence-electron chi connectivity index (χ3n) is 5.63. The van der Waals surface area contributed by atoms with Crippen molar-refractivity contribution in [3.05, 3.63) is 53.6 Å². The molecule has 0 saturated carbocycles. The number of nitrogens with one attached hydrogen (secondary N) is 1. The van der Waals surface area contributed by atoms with Crippen molar-refractivity contribution in [1.82, 2.24) is 9.62 Å². The van der Waals surface area contributed by atoms with E-state index in [1.807, 2.05) is 6.07 Å². The molecule has 1 N–H and O–H groups in total. The fourth-order valence-corrected chi connectivity index (χ4v) is 5.36. The Bertz CT molecular complexity index is 1140. The van der Waals surface area contributed by atoms with E-state index in [9.17, 15) is 18.0 Å². The lowest BCUT2D eigenvalue weighted by Gasteiger charge is -2.25. The van der Waals surface area contributed by atoms with Crippen molar-refractivity contribution in [3.8, 4) is 11.5 Å². The van der Waals surface area contributed by atoms with Gasteiger partial charge in [-0.05, 0) is 55.7 Å². The molecule has 2 heterocycles. The summed E-state index contributed by atoms with van der Waals surface area (Å²) in [6.45, 7) is 2.41. The molecule has 0 bridgehead atoms. The molecule has 2 aromatic rings. The molecular formula is C23H26N2O7S. The van der Waals surface area contributed by atoms with Crippen LogP contribution in [-0.4, -0.2) is 51.1 Å². The summed E-state index contributed by atoms with van der Waals surface area (Å²) in [6.07, 6.45) is 2.65. The molecule has 1 saturated heterocycles. The first-order valence-corrected chi connectivity index (χ1v) is 12.2. The number of piperidine rings is 1. The number of nitrogens with zero attached hydrogens (tertiary/aromatic N) is 1. The first kappa shape index (κ1) is 23.1. The molecule has 2 aromatic carbocycles. The van der Waals surface area contributed by atoms with Crippen LogP contribution >= 0.6 is 0 Å². The summed E-state index contributed by atoms with van der Waals surface area (Å²) in [7, 11) is -3.67. The maximum Gasteiger partial charge on any atom is 0.338 e. The molecule has 1 atom stereocenters. The SMILES string of the molecule is C[C@@H](NC(=O)COC(=O)c1cccc(S(=O)(=O)N2CCCCC2)c1)c1ccc2c(c1)OCO2. The van der Waals surface area contributed by atoms with Gasteiger partial charge in [0.15, 0.2) is 18.1 Å². The molecule has 0 radical (unpaired) electrons. The lowest BCUT2D eigenvalue weighted by Crippen LogP contribution is -2.35. The maximum atomic E-state index is 12.8. The summed E-state index contributed by atoms with van der Waals surface area (Å²) < 4.78 is 42.9. The fraction of sp³-hybridized carbons (Fsp3) is 0.391. The van der Waals surface area contributed by atoms with Crippen molar-refractivity contribution in [2.45, 2.75) is 37.1 Å². The van der Waals surface area contributed by atoms with E-state index in [0.29, 0.717) is 24.6 Å². The number of ether oxygens (including phenoxy) is 3. The van der Waals surface area contributed by atoms with Crippen molar-refractivity contribution in [2.75, 3.05) is 26.5 Å². The molecule has 2 aliphatic rings. The zero-order valence-corrected chi connectivity index (χ0v) is 19.1. The van der Waals surface area contributed by atoms with Gasteiger partial charge < -0.3 is 19.5 Å². The number of sulfonamides is 1. The molecule has 0 spiro atoms. The Balaban J connectivity index is 1.34. The Labute approximate surface area is 192 Å². The fourth-order valence-electron chi connectivity index (χ4n) is 3.80. The van der Waals surface area contributed by atoms with E-state index in [4.69, 9.17) is 14.2 Å². The summed E-state index contributed by atoms with van der Waals surface area (Å²) >= 11 is 0. The maximum absolute atomic E-state index is 12.8. The molecule has 0 aliphatic carbocycles. The second-order valence-corrected chi connectivity index (χ2v) is 9.91. The van der Waals surface area contributed by atoms with Crippen LogP contribution in [0.1, 0.15) is 48.1 Å². The Kier molecular flexibility index (Phi) is 6.85. The van der Waals surface area contributed by atoms with Crippen molar-refractivity contribution < 1.29 is 32.2 Å². The van der Waals surface area contributed by atoms with Gasteiger partial charge in [0.05, 0.1) is 16.5 Å². The largest absolute Gasteiger partial charge is 0.454 e. The van der Waals surface area contributed by atoms with Crippen LogP contribution in [0.4, 0.5) is 0 Å². The first-order valence-electron chi connectivity index (χ1n) is 10.8. The van der Waals surface area contributed by atoms with Gasteiger partial charge in [-0.15, -0.1) is 0 Å². The Hall–Kier alpha value is -3.11. The Morgan fingerprint density at radius 2 is 1.82 bits per heavy atom. The summed E-state index contributed by atoms with van der Waals surface area (Å²) in [6, 6.07) is 10.7. The Morgan fingerprint density at radius 3 is 2.61 bits per heavy atom. The van der Waals surface area contributed by atoms with Gasteiger partial charge in [0.25, 0.3) is 5.91 Å². The highest BCUT2D eigenvalue weighted by Gasteiger charge is 2.27. The highest BCUT2D eigenvalue weighted by atomic mass is 32.2. The van der Waals surface area contributed by atoms with Crippen LogP contribution < -0.4 is 14.8 Å². The van der Waals surface area contributed by atoms with Crippen LogP contribution in [0.2, 0.25) is 0 Å². The van der Waals surface area contributed by atoms with Gasteiger partial charge >= 0.3 is 5.97 Å². The smallest absolute Gasteiger partial charge is 0.338 e. The van der Waals surface area contributed by atoms with Crippen molar-refractivity contribution in [2.24, 2.45) is 0 Å². The third kappa shape index (κ3) is 5.28. The second-order valence-electron chi connectivity index (χ2n) is 7.97. The molecule has 9 nitrogen and oxygen atoms in total. The summed E-state index contributed by atoms with van der Waals surface area (Å²) in [4.78, 5) is 24.8. The average Bonchev–Trinajstić information content (AvgIpc) is 3.31. The topological polar surface area (TPSA) is 111 Å². The number of esters is 1. The van der Waals surface area contributed by atoms with Gasteiger partial charge in [-0.25, -0.2) is 13.2 Å². The molecule has 2 aliphatic heterocycles. The number of amides is 1.